The van der Waals surface area contributed by atoms with Crippen molar-refractivity contribution in [2.24, 2.45) is 5.92 Å². The Kier molecular flexibility index (Phi) is 12.0. The standard InChI is InChI=1S/C34H51N5O6/c1-36(25-32(42-2)43-3)31(40)12-21-44-20-11-28-6-4-5-27(23-28)9-15-37-17-13-34(14-18-37)26-38(19-22-45-34)33(41)30-10-16-39(35-30)24-29-7-8-29/h4-6,10,16,23,29,32H,7-9,11-15,17-22,24-26H2,1-3H3. The molecule has 3 aliphatic rings. The number of ether oxygens (including phenoxy) is 4. The van der Waals surface area contributed by atoms with E-state index >= 15 is 0 Å². The Hall–Kier alpha value is -2.83. The van der Waals surface area contributed by atoms with Crippen molar-refractivity contribution in [2.45, 2.75) is 63.4 Å². The summed E-state index contributed by atoms with van der Waals surface area (Å²) in [7, 11) is 4.87. The summed E-state index contributed by atoms with van der Waals surface area (Å²) < 4.78 is 24.4. The molecule has 1 saturated carbocycles. The number of aromatic nitrogens is 2. The maximum atomic E-state index is 13.2. The van der Waals surface area contributed by atoms with Crippen molar-refractivity contribution in [3.05, 3.63) is 53.3 Å². The molecule has 0 bridgehead atoms. The molecule has 45 heavy (non-hydrogen) atoms. The lowest BCUT2D eigenvalue weighted by Crippen LogP contribution is -2.58. The van der Waals surface area contributed by atoms with Gasteiger partial charge in [-0.2, -0.15) is 5.10 Å². The molecule has 2 aromatic rings. The first kappa shape index (κ1) is 33.5. The van der Waals surface area contributed by atoms with E-state index in [9.17, 15) is 9.59 Å². The average Bonchev–Trinajstić information content (AvgIpc) is 3.76. The summed E-state index contributed by atoms with van der Waals surface area (Å²) in [6.07, 6.45) is 8.05. The van der Waals surface area contributed by atoms with Gasteiger partial charge < -0.3 is 33.6 Å². The van der Waals surface area contributed by atoms with Gasteiger partial charge in [-0.25, -0.2) is 0 Å². The molecule has 1 spiro atoms. The van der Waals surface area contributed by atoms with Gasteiger partial charge >= 0.3 is 0 Å². The highest BCUT2D eigenvalue weighted by atomic mass is 16.7. The number of amides is 2. The topological polar surface area (TPSA) is 98.6 Å². The Morgan fingerprint density at radius 3 is 2.56 bits per heavy atom. The molecule has 0 radical (unpaired) electrons. The second-order valence-corrected chi connectivity index (χ2v) is 12.8. The summed E-state index contributed by atoms with van der Waals surface area (Å²) in [5, 5.41) is 4.57. The number of methoxy groups -OCH3 is 2. The fourth-order valence-corrected chi connectivity index (χ4v) is 6.25. The van der Waals surface area contributed by atoms with Crippen molar-refractivity contribution in [3.8, 4) is 0 Å². The van der Waals surface area contributed by atoms with Crippen LogP contribution < -0.4 is 0 Å². The minimum atomic E-state index is -0.425. The van der Waals surface area contributed by atoms with E-state index < -0.39 is 6.29 Å². The summed E-state index contributed by atoms with van der Waals surface area (Å²) in [6.45, 7) is 7.07. The van der Waals surface area contributed by atoms with Gasteiger partial charge in [-0.15, -0.1) is 0 Å². The number of rotatable bonds is 16. The van der Waals surface area contributed by atoms with E-state index in [4.69, 9.17) is 18.9 Å². The summed E-state index contributed by atoms with van der Waals surface area (Å²) in [6, 6.07) is 10.6. The molecule has 1 aromatic carbocycles. The molecule has 11 heteroatoms. The lowest BCUT2D eigenvalue weighted by atomic mass is 9.89. The Labute approximate surface area is 267 Å². The van der Waals surface area contributed by atoms with Gasteiger partial charge in [0.25, 0.3) is 5.91 Å². The molecule has 3 fully saturated rings. The van der Waals surface area contributed by atoms with Gasteiger partial charge in [-0.3, -0.25) is 14.3 Å². The number of likely N-dealkylation sites (N-methyl/N-ethyl adjacent to an activating group) is 1. The predicted molar refractivity (Wildman–Crippen MR) is 170 cm³/mol. The lowest BCUT2D eigenvalue weighted by Gasteiger charge is -2.47. The number of benzene rings is 1. The molecule has 2 amide bonds. The Bertz CT molecular complexity index is 1240. The van der Waals surface area contributed by atoms with E-state index in [1.54, 1.807) is 26.2 Å². The molecule has 11 nitrogen and oxygen atoms in total. The minimum absolute atomic E-state index is 0.00695. The number of hydrogen-bond acceptors (Lipinski definition) is 8. The SMILES string of the molecule is COC(CN(C)C(=O)CCOCCc1cccc(CCN2CCC3(CC2)CN(C(=O)c2ccn(CC4CC4)n2)CCO3)c1)OC. The lowest BCUT2D eigenvalue weighted by molar-refractivity contribution is -0.143. The summed E-state index contributed by atoms with van der Waals surface area (Å²) in [5.41, 5.74) is 2.87. The zero-order valence-corrected chi connectivity index (χ0v) is 27.3. The number of morpholine rings is 1. The van der Waals surface area contributed by atoms with E-state index in [0.29, 0.717) is 51.6 Å². The van der Waals surface area contributed by atoms with Gasteiger partial charge in [-0.1, -0.05) is 24.3 Å². The van der Waals surface area contributed by atoms with Crippen LogP contribution >= 0.6 is 0 Å². The third-order valence-electron chi connectivity index (χ3n) is 9.38. The van der Waals surface area contributed by atoms with Crippen LogP contribution in [0.25, 0.3) is 0 Å². The first-order chi connectivity index (χ1) is 21.9. The second kappa shape index (κ2) is 16.1. The molecule has 3 heterocycles. The number of nitrogens with zero attached hydrogens (tertiary/aromatic N) is 5. The second-order valence-electron chi connectivity index (χ2n) is 12.8. The Balaban J connectivity index is 0.989. The Morgan fingerprint density at radius 1 is 1.07 bits per heavy atom. The molecule has 0 atom stereocenters. The maximum absolute atomic E-state index is 13.2. The van der Waals surface area contributed by atoms with Crippen molar-refractivity contribution in [1.82, 2.24) is 24.5 Å². The fourth-order valence-electron chi connectivity index (χ4n) is 6.25. The first-order valence-electron chi connectivity index (χ1n) is 16.5. The number of piperidine rings is 1. The molecular weight excluding hydrogens is 574 g/mol. The third kappa shape index (κ3) is 9.83. The van der Waals surface area contributed by atoms with Gasteiger partial charge in [0, 0.05) is 60.2 Å². The van der Waals surface area contributed by atoms with Crippen LogP contribution in [-0.4, -0.2) is 129 Å². The molecule has 1 aromatic heterocycles. The smallest absolute Gasteiger partial charge is 0.274 e. The molecule has 2 saturated heterocycles. The van der Waals surface area contributed by atoms with Gasteiger partial charge in [0.05, 0.1) is 44.9 Å². The van der Waals surface area contributed by atoms with Crippen LogP contribution in [0, 0.1) is 5.92 Å². The molecule has 0 unspecified atom stereocenters. The third-order valence-corrected chi connectivity index (χ3v) is 9.38. The number of carbonyl (C=O) groups excluding carboxylic acids is 2. The van der Waals surface area contributed by atoms with Crippen LogP contribution in [0.3, 0.4) is 0 Å². The van der Waals surface area contributed by atoms with Gasteiger partial charge in [0.1, 0.15) is 5.69 Å². The molecule has 1 aliphatic carbocycles. The summed E-state index contributed by atoms with van der Waals surface area (Å²) in [5.74, 6) is 0.764. The number of likely N-dealkylation sites (tertiary alicyclic amines) is 1. The quantitative estimate of drug-likeness (QED) is 0.208. The van der Waals surface area contributed by atoms with Gasteiger partial charge in [0.2, 0.25) is 5.91 Å². The molecule has 2 aliphatic heterocycles. The first-order valence-corrected chi connectivity index (χ1v) is 16.5. The van der Waals surface area contributed by atoms with E-state index in [2.05, 4.69) is 34.3 Å². The average molecular weight is 626 g/mol. The predicted octanol–water partition coefficient (Wildman–Crippen LogP) is 2.87. The van der Waals surface area contributed by atoms with E-state index in [1.165, 1.54) is 24.0 Å². The normalized spacial score (nSPS) is 18.5. The van der Waals surface area contributed by atoms with Crippen molar-refractivity contribution in [2.75, 3.05) is 80.4 Å². The highest BCUT2D eigenvalue weighted by molar-refractivity contribution is 5.92. The molecule has 248 valence electrons. The van der Waals surface area contributed by atoms with Crippen LogP contribution in [0.2, 0.25) is 0 Å². The number of carbonyl (C=O) groups is 2. The van der Waals surface area contributed by atoms with Crippen molar-refractivity contribution in [3.63, 3.8) is 0 Å². The zero-order valence-electron chi connectivity index (χ0n) is 27.3. The van der Waals surface area contributed by atoms with Gasteiger partial charge in [0.15, 0.2) is 6.29 Å². The van der Waals surface area contributed by atoms with Crippen molar-refractivity contribution >= 4 is 11.8 Å². The van der Waals surface area contributed by atoms with Crippen LogP contribution in [0.4, 0.5) is 0 Å². The largest absolute Gasteiger partial charge is 0.381 e. The van der Waals surface area contributed by atoms with Gasteiger partial charge in [-0.05, 0) is 61.6 Å². The highest BCUT2D eigenvalue weighted by Gasteiger charge is 2.41. The van der Waals surface area contributed by atoms with E-state index in [-0.39, 0.29) is 17.4 Å². The molecule has 0 N–H and O–H groups in total. The van der Waals surface area contributed by atoms with Crippen LogP contribution in [0.5, 0.6) is 0 Å². The minimum Gasteiger partial charge on any atom is -0.381 e. The summed E-state index contributed by atoms with van der Waals surface area (Å²) in [4.78, 5) is 31.6. The Morgan fingerprint density at radius 2 is 1.82 bits per heavy atom. The van der Waals surface area contributed by atoms with Crippen molar-refractivity contribution in [1.29, 1.82) is 0 Å². The van der Waals surface area contributed by atoms with E-state index in [0.717, 1.165) is 57.8 Å². The zero-order chi connectivity index (χ0) is 31.6. The molecule has 5 rings (SSSR count). The summed E-state index contributed by atoms with van der Waals surface area (Å²) >= 11 is 0. The fraction of sp³-hybridized carbons (Fsp3) is 0.676. The van der Waals surface area contributed by atoms with Crippen LogP contribution in [0.1, 0.15) is 53.7 Å². The monoisotopic (exact) mass is 625 g/mol. The highest BCUT2D eigenvalue weighted by Crippen LogP contribution is 2.32. The van der Waals surface area contributed by atoms with Crippen molar-refractivity contribution < 1.29 is 28.5 Å². The van der Waals surface area contributed by atoms with E-state index in [1.807, 2.05) is 21.8 Å². The maximum Gasteiger partial charge on any atom is 0.274 e. The van der Waals surface area contributed by atoms with Crippen LogP contribution in [0.15, 0.2) is 36.5 Å². The van der Waals surface area contributed by atoms with Crippen LogP contribution in [-0.2, 0) is 43.1 Å². The number of hydrogen-bond donors (Lipinski definition) is 0. The molecular formula is C34H51N5O6.